The maximum absolute atomic E-state index is 15.3. The average Bonchev–Trinajstić information content (AvgIpc) is 0.751. The number of nitrogens with zero attached hydrogens (tertiary/aromatic N) is 6. The second kappa shape index (κ2) is 30.8. The smallest absolute Gasteiger partial charge is 0.233 e. The van der Waals surface area contributed by atoms with Gasteiger partial charge in [-0.05, 0) is 126 Å². The molecule has 0 atom stereocenters. The second-order valence-electron chi connectivity index (χ2n) is 25.4. The topological polar surface area (TPSA) is 266 Å². The summed E-state index contributed by atoms with van der Waals surface area (Å²) in [6.45, 7) is 5.95. The third-order valence-electron chi connectivity index (χ3n) is 18.9. The molecule has 0 spiro atoms. The fourth-order valence-corrected chi connectivity index (χ4v) is 14.1. The van der Waals surface area contributed by atoms with Gasteiger partial charge in [0.05, 0.1) is 22.5 Å². The van der Waals surface area contributed by atoms with Crippen LogP contribution in [0.25, 0.3) is 11.1 Å². The van der Waals surface area contributed by atoms with Gasteiger partial charge < -0.3 is 53.2 Å². The predicted molar refractivity (Wildman–Crippen MR) is 357 cm³/mol. The van der Waals surface area contributed by atoms with E-state index in [4.69, 9.17) is 29.9 Å². The summed E-state index contributed by atoms with van der Waals surface area (Å²) < 4.78 is 0. The number of aromatic nitrogens is 6. The Morgan fingerprint density at radius 2 is 0.533 bits per heavy atom. The van der Waals surface area contributed by atoms with Crippen molar-refractivity contribution in [3.8, 4) is 11.1 Å². The van der Waals surface area contributed by atoms with Crippen LogP contribution in [0.4, 0.5) is 47.1 Å². The van der Waals surface area contributed by atoms with Gasteiger partial charge in [-0.3, -0.25) is 19.2 Å². The van der Waals surface area contributed by atoms with Gasteiger partial charge in [0.1, 0.15) is 0 Å². The molecule has 0 saturated heterocycles. The summed E-state index contributed by atoms with van der Waals surface area (Å²) in [4.78, 5) is 89.9. The van der Waals surface area contributed by atoms with E-state index in [-0.39, 0.29) is 56.4 Å². The Morgan fingerprint density at radius 1 is 0.278 bits per heavy atom. The Bertz CT molecular complexity index is 3160. The van der Waals surface area contributed by atoms with Crippen molar-refractivity contribution in [3.05, 3.63) is 117 Å². The zero-order valence-electron chi connectivity index (χ0n) is 52.2. The van der Waals surface area contributed by atoms with Crippen molar-refractivity contribution in [1.82, 2.24) is 51.2 Å². The Morgan fingerprint density at radius 3 is 0.811 bits per heavy atom. The van der Waals surface area contributed by atoms with E-state index in [1.807, 2.05) is 0 Å². The van der Waals surface area contributed by atoms with Gasteiger partial charge in [-0.1, -0.05) is 138 Å². The molecular formula is C70H90N16O4. The van der Waals surface area contributed by atoms with E-state index in [2.05, 4.69) is 53.2 Å². The predicted octanol–water partition coefficient (Wildman–Crippen LogP) is 11.7. The largest absolute Gasteiger partial charge is 0.354 e. The molecule has 12 rings (SSSR count). The standard InChI is InChI=1S/C70H90N16O4/c87-61-51-29-13-15-31-53(51)63(89)59-55(79-69-83-65(75-41-17-37-71-45-21-5-1-6-22-45)81-66(84-69)76-42-18-38-72-46-23-7-2-8-24-46)35-33-49(57(59)61)50-34-36-56(60-58(50)62(88)52-30-14-16-32-54(52)64(60)90)80-70-85-67(77-43-19-39-73-47-25-9-3-10-26-47)82-68(86-70)78-44-20-40-74-48-27-11-4-12-28-48/h13-16,29-36,45-48,71-74H,1-12,17-28,37-44H2,(H3,75,76,79,81,83,84)(H3,77,78,80,82,85,86). The summed E-state index contributed by atoms with van der Waals surface area (Å²) in [7, 11) is 0. The third kappa shape index (κ3) is 15.5. The minimum atomic E-state index is -0.409. The molecule has 20 heteroatoms. The van der Waals surface area contributed by atoms with Crippen LogP contribution in [0.5, 0.6) is 0 Å². The fraction of sp³-hybridized carbons (Fsp3) is 0.514. The third-order valence-corrected chi connectivity index (χ3v) is 18.9. The Labute approximate surface area is 529 Å². The molecule has 6 aliphatic carbocycles. The number of ketones is 4. The van der Waals surface area contributed by atoms with Gasteiger partial charge in [0.15, 0.2) is 23.1 Å². The van der Waals surface area contributed by atoms with Crippen molar-refractivity contribution in [2.24, 2.45) is 0 Å². The second-order valence-corrected chi connectivity index (χ2v) is 25.4. The number of rotatable bonds is 29. The van der Waals surface area contributed by atoms with E-state index in [0.717, 1.165) is 51.9 Å². The molecule has 20 nitrogen and oxygen atoms in total. The first-order valence-corrected chi connectivity index (χ1v) is 34.0. The molecule has 0 unspecified atom stereocenters. The molecule has 0 bridgehead atoms. The number of hydrogen-bond donors (Lipinski definition) is 10. The van der Waals surface area contributed by atoms with Gasteiger partial charge in [0.2, 0.25) is 35.7 Å². The number of fused-ring (bicyclic) bond motifs is 4. The van der Waals surface area contributed by atoms with E-state index in [1.54, 1.807) is 72.8 Å². The van der Waals surface area contributed by atoms with Crippen LogP contribution in [0.1, 0.15) is 218 Å². The Balaban J connectivity index is 0.856. The molecular weight excluding hydrogens is 1130 g/mol. The highest BCUT2D eigenvalue weighted by molar-refractivity contribution is 6.35. The number of nitrogens with one attached hydrogen (secondary N) is 10. The summed E-state index contributed by atoms with van der Waals surface area (Å²) in [6, 6.07) is 22.7. The molecule has 6 aromatic rings. The van der Waals surface area contributed by atoms with E-state index >= 15 is 19.2 Å². The van der Waals surface area contributed by atoms with Crippen molar-refractivity contribution >= 4 is 70.2 Å². The average molecular weight is 1220 g/mol. The maximum Gasteiger partial charge on any atom is 0.233 e. The van der Waals surface area contributed by atoms with Gasteiger partial charge >= 0.3 is 0 Å². The van der Waals surface area contributed by atoms with Gasteiger partial charge in [-0.15, -0.1) is 0 Å². The summed E-state index contributed by atoms with van der Waals surface area (Å²) in [5.41, 5.74) is 2.50. The normalized spacial score (nSPS) is 17.3. The van der Waals surface area contributed by atoms with Crippen molar-refractivity contribution in [1.29, 1.82) is 0 Å². The number of carbonyl (C=O) groups is 4. The minimum Gasteiger partial charge on any atom is -0.354 e. The zero-order valence-corrected chi connectivity index (χ0v) is 52.2. The van der Waals surface area contributed by atoms with Gasteiger partial charge in [-0.25, -0.2) is 0 Å². The highest BCUT2D eigenvalue weighted by atomic mass is 16.1. The first kappa shape index (κ1) is 62.4. The maximum atomic E-state index is 15.3. The molecule has 0 radical (unpaired) electrons. The van der Waals surface area contributed by atoms with E-state index in [0.29, 0.717) is 96.6 Å². The number of carbonyl (C=O) groups excluding carboxylic acids is 4. The first-order chi connectivity index (χ1) is 44.3. The molecule has 10 N–H and O–H groups in total. The molecule has 4 aromatic carbocycles. The molecule has 474 valence electrons. The van der Waals surface area contributed by atoms with Gasteiger partial charge in [0, 0.05) is 83.7 Å². The van der Waals surface area contributed by atoms with E-state index < -0.39 is 23.1 Å². The Kier molecular flexibility index (Phi) is 21.4. The highest BCUT2D eigenvalue weighted by Gasteiger charge is 2.39. The van der Waals surface area contributed by atoms with Crippen molar-refractivity contribution in [3.63, 3.8) is 0 Å². The van der Waals surface area contributed by atoms with E-state index in [9.17, 15) is 0 Å². The molecule has 2 heterocycles. The van der Waals surface area contributed by atoms with Gasteiger partial charge in [-0.2, -0.15) is 29.9 Å². The summed E-state index contributed by atoms with van der Waals surface area (Å²) in [5, 5.41) is 35.3. The fourth-order valence-electron chi connectivity index (χ4n) is 14.1. The first-order valence-electron chi connectivity index (χ1n) is 34.0. The van der Waals surface area contributed by atoms with Crippen molar-refractivity contribution in [2.45, 2.75) is 178 Å². The van der Waals surface area contributed by atoms with Crippen LogP contribution in [0.15, 0.2) is 72.8 Å². The lowest BCUT2D eigenvalue weighted by atomic mass is 9.75. The zero-order chi connectivity index (χ0) is 61.4. The highest BCUT2D eigenvalue weighted by Crippen LogP contribution is 2.44. The van der Waals surface area contributed by atoms with Crippen LogP contribution in [0.3, 0.4) is 0 Å². The monoisotopic (exact) mass is 1220 g/mol. The minimum absolute atomic E-state index is 0.0826. The Hall–Kier alpha value is -7.78. The number of benzene rings is 4. The molecule has 0 amide bonds. The summed E-state index contributed by atoms with van der Waals surface area (Å²) in [5.74, 6) is 0.190. The van der Waals surface area contributed by atoms with Crippen LogP contribution >= 0.6 is 0 Å². The molecule has 4 fully saturated rings. The number of hydrogen-bond acceptors (Lipinski definition) is 20. The molecule has 90 heavy (non-hydrogen) atoms. The SMILES string of the molecule is O=C1c2ccccc2C(=O)c2c(-c3ccc(Nc4nc(NCCCNC5CCCCC5)nc(NCCCNC5CCCCC5)n4)c4c3C(=O)c3ccccc3C4=O)ccc(Nc3nc(NCCCNC4CCCCC4)nc(NCCCNC4CCCCC4)n3)c21. The van der Waals surface area contributed by atoms with Crippen LogP contribution in [0, 0.1) is 0 Å². The molecule has 4 saturated carbocycles. The number of anilines is 8. The van der Waals surface area contributed by atoms with E-state index in [1.165, 1.54) is 128 Å². The lowest BCUT2D eigenvalue weighted by Gasteiger charge is -2.27. The summed E-state index contributed by atoms with van der Waals surface area (Å²) in [6.07, 6.45) is 28.5. The molecule has 0 aliphatic heterocycles. The summed E-state index contributed by atoms with van der Waals surface area (Å²) >= 11 is 0. The van der Waals surface area contributed by atoms with Crippen LogP contribution in [-0.2, 0) is 0 Å². The van der Waals surface area contributed by atoms with Crippen LogP contribution in [-0.4, -0.2) is 130 Å². The molecule has 6 aliphatic rings. The lowest BCUT2D eigenvalue weighted by Crippen LogP contribution is -2.32. The lowest BCUT2D eigenvalue weighted by molar-refractivity contribution is 0.0978. The van der Waals surface area contributed by atoms with Crippen molar-refractivity contribution in [2.75, 3.05) is 84.3 Å². The quantitative estimate of drug-likeness (QED) is 0.0195. The van der Waals surface area contributed by atoms with Gasteiger partial charge in [0.25, 0.3) is 0 Å². The van der Waals surface area contributed by atoms with Crippen LogP contribution in [0.2, 0.25) is 0 Å². The molecule has 2 aromatic heterocycles. The van der Waals surface area contributed by atoms with Crippen LogP contribution < -0.4 is 53.2 Å². The van der Waals surface area contributed by atoms with Crippen molar-refractivity contribution < 1.29 is 19.2 Å².